The number of halogens is 2. The van der Waals surface area contributed by atoms with E-state index in [0.29, 0.717) is 17.2 Å². The van der Waals surface area contributed by atoms with E-state index < -0.39 is 0 Å². The fraction of sp³-hybridized carbons (Fsp3) is 0.280. The van der Waals surface area contributed by atoms with Gasteiger partial charge in [0.25, 0.3) is 0 Å². The van der Waals surface area contributed by atoms with Gasteiger partial charge in [0.1, 0.15) is 11.6 Å². The summed E-state index contributed by atoms with van der Waals surface area (Å²) in [6.45, 7) is 3.99. The summed E-state index contributed by atoms with van der Waals surface area (Å²) in [7, 11) is 0. The lowest BCUT2D eigenvalue weighted by Gasteiger charge is -2.33. The van der Waals surface area contributed by atoms with Gasteiger partial charge in [-0.1, -0.05) is 46.3 Å². The molecule has 1 aliphatic heterocycles. The van der Waals surface area contributed by atoms with E-state index in [4.69, 9.17) is 4.98 Å². The molecule has 0 aliphatic carbocycles. The molecule has 4 aromatic rings. The van der Waals surface area contributed by atoms with Gasteiger partial charge in [-0.3, -0.25) is 4.90 Å². The second-order valence-corrected chi connectivity index (χ2v) is 10.2. The van der Waals surface area contributed by atoms with Gasteiger partial charge in [0.2, 0.25) is 0 Å². The van der Waals surface area contributed by atoms with Gasteiger partial charge in [-0.05, 0) is 65.0 Å². The highest BCUT2D eigenvalue weighted by molar-refractivity contribution is 9.11. The summed E-state index contributed by atoms with van der Waals surface area (Å²) < 4.78 is 3.81. The van der Waals surface area contributed by atoms with Gasteiger partial charge in [0, 0.05) is 35.7 Å². The maximum absolute atomic E-state index is 10.3. The number of piperidine rings is 1. The number of phenolic OH excluding ortho intramolecular Hbond substituents is 1. The van der Waals surface area contributed by atoms with Crippen LogP contribution < -0.4 is 5.32 Å². The second-order valence-electron chi connectivity index (χ2n) is 8.49. The quantitative estimate of drug-likeness (QED) is 0.300. The van der Waals surface area contributed by atoms with Gasteiger partial charge in [-0.2, -0.15) is 9.61 Å². The minimum atomic E-state index is 0.214. The summed E-state index contributed by atoms with van der Waals surface area (Å²) >= 11 is 7.23. The molecule has 0 amide bonds. The van der Waals surface area contributed by atoms with Gasteiger partial charge >= 0.3 is 0 Å². The molecule has 0 spiro atoms. The molecule has 2 N–H and O–H groups in total. The standard InChI is InChI=1S/C25H25Br2N5O/c26-20-9-3-1-7-18(20)16-31-11-5-6-17(15-31)13-28-24-12-22(19-8-2-4-10-23(19)33)30-25-21(27)14-29-32(24)25/h1-4,7-10,12,14,17,28,33H,5-6,11,13,15-16H2. The van der Waals surface area contributed by atoms with Crippen LogP contribution in [0.4, 0.5) is 5.82 Å². The molecule has 2 aromatic heterocycles. The van der Waals surface area contributed by atoms with Gasteiger partial charge in [0.15, 0.2) is 5.65 Å². The summed E-state index contributed by atoms with van der Waals surface area (Å²) in [5.74, 6) is 1.62. The number of nitrogens with one attached hydrogen (secondary N) is 1. The number of nitrogens with zero attached hydrogens (tertiary/aromatic N) is 4. The highest BCUT2D eigenvalue weighted by atomic mass is 79.9. The van der Waals surface area contributed by atoms with E-state index in [-0.39, 0.29) is 5.75 Å². The Hall–Kier alpha value is -2.42. The van der Waals surface area contributed by atoms with Crippen LogP contribution in [0.3, 0.4) is 0 Å². The van der Waals surface area contributed by atoms with E-state index in [1.807, 2.05) is 28.8 Å². The molecule has 3 heterocycles. The molecule has 0 saturated carbocycles. The van der Waals surface area contributed by atoms with E-state index >= 15 is 0 Å². The molecule has 0 bridgehead atoms. The molecule has 33 heavy (non-hydrogen) atoms. The summed E-state index contributed by atoms with van der Waals surface area (Å²) in [5, 5.41) is 18.5. The van der Waals surface area contributed by atoms with Crippen LogP contribution in [-0.2, 0) is 6.54 Å². The molecular formula is C25H25Br2N5O. The Morgan fingerprint density at radius 1 is 1.06 bits per heavy atom. The van der Waals surface area contributed by atoms with Crippen molar-refractivity contribution in [2.45, 2.75) is 19.4 Å². The number of hydrogen-bond donors (Lipinski definition) is 2. The summed E-state index contributed by atoms with van der Waals surface area (Å²) in [4.78, 5) is 7.27. The monoisotopic (exact) mass is 569 g/mol. The van der Waals surface area contributed by atoms with Crippen molar-refractivity contribution < 1.29 is 5.11 Å². The molecule has 5 rings (SSSR count). The topological polar surface area (TPSA) is 65.7 Å². The zero-order valence-corrected chi connectivity index (χ0v) is 21.3. The van der Waals surface area contributed by atoms with Gasteiger partial charge < -0.3 is 10.4 Å². The van der Waals surface area contributed by atoms with Crippen molar-refractivity contribution in [2.75, 3.05) is 25.0 Å². The molecule has 1 fully saturated rings. The Morgan fingerprint density at radius 2 is 1.88 bits per heavy atom. The van der Waals surface area contributed by atoms with Gasteiger partial charge in [0.05, 0.1) is 16.4 Å². The number of fused-ring (bicyclic) bond motifs is 1. The molecule has 0 radical (unpaired) electrons. The predicted molar refractivity (Wildman–Crippen MR) is 138 cm³/mol. The first-order chi connectivity index (χ1) is 16.1. The molecule has 1 atom stereocenters. The Kier molecular flexibility index (Phi) is 6.66. The number of aromatic hydroxyl groups is 1. The number of para-hydroxylation sites is 1. The molecular weight excluding hydrogens is 546 g/mol. The third-order valence-corrected chi connectivity index (χ3v) is 7.47. The molecule has 8 heteroatoms. The van der Waals surface area contributed by atoms with Crippen LogP contribution in [0.25, 0.3) is 16.9 Å². The maximum atomic E-state index is 10.3. The Balaban J connectivity index is 1.34. The Morgan fingerprint density at radius 3 is 2.73 bits per heavy atom. The average Bonchev–Trinajstić information content (AvgIpc) is 3.20. The Labute approximate surface area is 209 Å². The van der Waals surface area contributed by atoms with Crippen LogP contribution in [0.5, 0.6) is 5.75 Å². The molecule has 170 valence electrons. The first kappa shape index (κ1) is 22.4. The molecule has 1 unspecified atom stereocenters. The average molecular weight is 571 g/mol. The van der Waals surface area contributed by atoms with Crippen LogP contribution in [0.15, 0.2) is 69.7 Å². The van der Waals surface area contributed by atoms with Crippen LogP contribution in [-0.4, -0.2) is 44.2 Å². The van der Waals surface area contributed by atoms with Crippen molar-refractivity contribution in [3.63, 3.8) is 0 Å². The fourth-order valence-electron chi connectivity index (χ4n) is 4.47. The van der Waals surface area contributed by atoms with E-state index in [9.17, 15) is 5.11 Å². The lowest BCUT2D eigenvalue weighted by molar-refractivity contribution is 0.173. The number of likely N-dealkylation sites (tertiary alicyclic amines) is 1. The van der Waals surface area contributed by atoms with Gasteiger partial charge in [-0.15, -0.1) is 0 Å². The number of rotatable bonds is 6. The number of benzene rings is 2. The van der Waals surface area contributed by atoms with Crippen molar-refractivity contribution in [1.82, 2.24) is 19.5 Å². The van der Waals surface area contributed by atoms with E-state index in [0.717, 1.165) is 42.1 Å². The first-order valence-corrected chi connectivity index (χ1v) is 12.7. The smallest absolute Gasteiger partial charge is 0.172 e. The van der Waals surface area contributed by atoms with Gasteiger partial charge in [-0.25, -0.2) is 4.98 Å². The van der Waals surface area contributed by atoms with Crippen LogP contribution in [0.2, 0.25) is 0 Å². The third kappa shape index (κ3) is 4.93. The number of anilines is 1. The van der Waals surface area contributed by atoms with Crippen molar-refractivity contribution >= 4 is 43.3 Å². The maximum Gasteiger partial charge on any atom is 0.172 e. The zero-order valence-electron chi connectivity index (χ0n) is 18.1. The van der Waals surface area contributed by atoms with Crippen molar-refractivity contribution in [3.8, 4) is 17.0 Å². The number of aromatic nitrogens is 3. The molecule has 1 aliphatic rings. The summed E-state index contributed by atoms with van der Waals surface area (Å²) in [6, 6.07) is 17.7. The lowest BCUT2D eigenvalue weighted by Crippen LogP contribution is -2.37. The van der Waals surface area contributed by atoms with Crippen LogP contribution in [0.1, 0.15) is 18.4 Å². The third-order valence-electron chi connectivity index (χ3n) is 6.14. The molecule has 2 aromatic carbocycles. The minimum absolute atomic E-state index is 0.214. The zero-order chi connectivity index (χ0) is 22.8. The predicted octanol–water partition coefficient (Wildman–Crippen LogP) is 5.95. The van der Waals surface area contributed by atoms with E-state index in [1.165, 1.54) is 22.9 Å². The minimum Gasteiger partial charge on any atom is -0.507 e. The van der Waals surface area contributed by atoms with Crippen molar-refractivity contribution in [1.29, 1.82) is 0 Å². The highest BCUT2D eigenvalue weighted by Crippen LogP contribution is 2.31. The number of phenols is 1. The molecule has 1 saturated heterocycles. The summed E-state index contributed by atoms with van der Waals surface area (Å²) in [6.07, 6.45) is 4.14. The fourth-order valence-corrected chi connectivity index (χ4v) is 5.23. The molecule has 6 nitrogen and oxygen atoms in total. The van der Waals surface area contributed by atoms with E-state index in [1.54, 1.807) is 12.3 Å². The largest absolute Gasteiger partial charge is 0.507 e. The van der Waals surface area contributed by atoms with E-state index in [2.05, 4.69) is 71.4 Å². The lowest BCUT2D eigenvalue weighted by atomic mass is 9.97. The first-order valence-electron chi connectivity index (χ1n) is 11.1. The van der Waals surface area contributed by atoms with Crippen LogP contribution >= 0.6 is 31.9 Å². The van der Waals surface area contributed by atoms with Crippen molar-refractivity contribution in [2.24, 2.45) is 5.92 Å². The Bertz CT molecular complexity index is 1270. The second kappa shape index (κ2) is 9.83. The van der Waals surface area contributed by atoms with Crippen LogP contribution in [0, 0.1) is 5.92 Å². The summed E-state index contributed by atoms with van der Waals surface area (Å²) in [5.41, 5.74) is 3.46. The van der Waals surface area contributed by atoms with Crippen molar-refractivity contribution in [3.05, 3.63) is 75.3 Å². The number of hydrogen-bond acceptors (Lipinski definition) is 5. The SMILES string of the molecule is Oc1ccccc1-c1cc(NCC2CCCN(Cc3ccccc3Br)C2)n2ncc(Br)c2n1. The highest BCUT2D eigenvalue weighted by Gasteiger charge is 2.21. The normalized spacial score (nSPS) is 16.8.